The summed E-state index contributed by atoms with van der Waals surface area (Å²) in [4.78, 5) is 8.37. The van der Waals surface area contributed by atoms with Crippen molar-refractivity contribution in [3.63, 3.8) is 0 Å². The molecule has 20 heavy (non-hydrogen) atoms. The van der Waals surface area contributed by atoms with Gasteiger partial charge >= 0.3 is 0 Å². The molecule has 1 aromatic rings. The normalized spacial score (nSPS) is 20.9. The Morgan fingerprint density at radius 3 is 2.95 bits per heavy atom. The molecule has 0 amide bonds. The quantitative estimate of drug-likeness (QED) is 0.785. The Morgan fingerprint density at radius 2 is 2.30 bits per heavy atom. The SMILES string of the molecule is CCOCc1nc(N)cc(NCC2CCS(=O)(=O)C2)n1. The Bertz CT molecular complexity index is 562. The van der Waals surface area contributed by atoms with Crippen LogP contribution >= 0.6 is 0 Å². The number of nitrogens with zero attached hydrogens (tertiary/aromatic N) is 2. The molecule has 7 nitrogen and oxygen atoms in total. The number of nitrogens with two attached hydrogens (primary N) is 1. The van der Waals surface area contributed by atoms with Crippen LogP contribution in [0.25, 0.3) is 0 Å². The van der Waals surface area contributed by atoms with Gasteiger partial charge in [-0.25, -0.2) is 18.4 Å². The molecule has 0 spiro atoms. The molecule has 1 aromatic heterocycles. The second kappa shape index (κ2) is 6.36. The molecule has 0 aromatic carbocycles. The first-order valence-electron chi connectivity index (χ1n) is 6.64. The van der Waals surface area contributed by atoms with Crippen LogP contribution in [0.1, 0.15) is 19.2 Å². The fraction of sp³-hybridized carbons (Fsp3) is 0.667. The lowest BCUT2D eigenvalue weighted by molar-refractivity contribution is 0.128. The molecular weight excluding hydrogens is 280 g/mol. The molecule has 112 valence electrons. The lowest BCUT2D eigenvalue weighted by Crippen LogP contribution is -2.17. The number of hydrogen-bond acceptors (Lipinski definition) is 7. The molecule has 3 N–H and O–H groups in total. The van der Waals surface area contributed by atoms with Gasteiger partial charge in [-0.3, -0.25) is 0 Å². The molecule has 2 heterocycles. The van der Waals surface area contributed by atoms with Crippen molar-refractivity contribution < 1.29 is 13.2 Å². The highest BCUT2D eigenvalue weighted by Crippen LogP contribution is 2.19. The molecule has 2 rings (SSSR count). The fourth-order valence-corrected chi connectivity index (χ4v) is 4.01. The molecule has 1 aliphatic heterocycles. The predicted octanol–water partition coefficient (Wildman–Crippen LogP) is 0.442. The Kier molecular flexibility index (Phi) is 4.77. The van der Waals surface area contributed by atoms with E-state index in [-0.39, 0.29) is 17.4 Å². The Hall–Kier alpha value is -1.41. The van der Waals surface area contributed by atoms with Crippen molar-refractivity contribution in [1.29, 1.82) is 0 Å². The van der Waals surface area contributed by atoms with E-state index in [9.17, 15) is 8.42 Å². The van der Waals surface area contributed by atoms with Crippen molar-refractivity contribution in [3.8, 4) is 0 Å². The topological polar surface area (TPSA) is 107 Å². The third-order valence-electron chi connectivity index (χ3n) is 3.13. The van der Waals surface area contributed by atoms with Gasteiger partial charge in [-0.1, -0.05) is 0 Å². The van der Waals surface area contributed by atoms with Crippen LogP contribution in [0, 0.1) is 5.92 Å². The van der Waals surface area contributed by atoms with Gasteiger partial charge in [-0.05, 0) is 19.3 Å². The summed E-state index contributed by atoms with van der Waals surface area (Å²) in [5, 5.41) is 3.13. The van der Waals surface area contributed by atoms with Gasteiger partial charge in [-0.15, -0.1) is 0 Å². The summed E-state index contributed by atoms with van der Waals surface area (Å²) in [6, 6.07) is 1.64. The summed E-state index contributed by atoms with van der Waals surface area (Å²) in [5.41, 5.74) is 5.72. The molecule has 0 bridgehead atoms. The van der Waals surface area contributed by atoms with E-state index in [4.69, 9.17) is 10.5 Å². The molecule has 8 heteroatoms. The number of anilines is 2. The summed E-state index contributed by atoms with van der Waals surface area (Å²) in [7, 11) is -2.85. The van der Waals surface area contributed by atoms with Crippen molar-refractivity contribution in [1.82, 2.24) is 9.97 Å². The zero-order valence-electron chi connectivity index (χ0n) is 11.5. The molecule has 0 radical (unpaired) electrons. The average molecular weight is 300 g/mol. The lowest BCUT2D eigenvalue weighted by atomic mass is 10.1. The standard InChI is InChI=1S/C12H20N4O3S/c1-2-19-7-12-15-10(13)5-11(16-12)14-6-9-3-4-20(17,18)8-9/h5,9H,2-4,6-8H2,1H3,(H3,13,14,15,16). The molecule has 0 aliphatic carbocycles. The molecule has 1 saturated heterocycles. The first kappa shape index (κ1) is 15.0. The van der Waals surface area contributed by atoms with Crippen LogP contribution in [-0.2, 0) is 21.2 Å². The van der Waals surface area contributed by atoms with E-state index in [1.807, 2.05) is 6.92 Å². The minimum absolute atomic E-state index is 0.131. The first-order valence-corrected chi connectivity index (χ1v) is 8.46. The summed E-state index contributed by atoms with van der Waals surface area (Å²) >= 11 is 0. The Labute approximate surface area is 118 Å². The number of hydrogen-bond donors (Lipinski definition) is 2. The molecule has 1 aliphatic rings. The van der Waals surface area contributed by atoms with Gasteiger partial charge in [0.25, 0.3) is 0 Å². The number of nitrogen functional groups attached to an aromatic ring is 1. The molecule has 1 atom stereocenters. The van der Waals surface area contributed by atoms with Crippen molar-refractivity contribution in [2.45, 2.75) is 20.0 Å². The number of ether oxygens (including phenoxy) is 1. The molecule has 0 saturated carbocycles. The smallest absolute Gasteiger partial charge is 0.158 e. The van der Waals surface area contributed by atoms with Gasteiger partial charge in [0.2, 0.25) is 0 Å². The van der Waals surface area contributed by atoms with Gasteiger partial charge in [0.05, 0.1) is 11.5 Å². The summed E-state index contributed by atoms with van der Waals surface area (Å²) in [5.74, 6) is 2.15. The highest BCUT2D eigenvalue weighted by molar-refractivity contribution is 7.91. The van der Waals surface area contributed by atoms with Crippen molar-refractivity contribution in [3.05, 3.63) is 11.9 Å². The lowest BCUT2D eigenvalue weighted by Gasteiger charge is -2.11. The zero-order chi connectivity index (χ0) is 14.6. The van der Waals surface area contributed by atoms with Crippen molar-refractivity contribution >= 4 is 21.5 Å². The van der Waals surface area contributed by atoms with Crippen LogP contribution < -0.4 is 11.1 Å². The third-order valence-corrected chi connectivity index (χ3v) is 4.96. The van der Waals surface area contributed by atoms with Gasteiger partial charge in [-0.2, -0.15) is 0 Å². The minimum atomic E-state index is -2.85. The van der Waals surface area contributed by atoms with E-state index in [0.29, 0.717) is 43.6 Å². The monoisotopic (exact) mass is 300 g/mol. The van der Waals surface area contributed by atoms with Gasteiger partial charge < -0.3 is 15.8 Å². The number of nitrogens with one attached hydrogen (secondary N) is 1. The van der Waals surface area contributed by atoms with Crippen LogP contribution in [0.2, 0.25) is 0 Å². The van der Waals surface area contributed by atoms with E-state index in [1.54, 1.807) is 6.07 Å². The number of aromatic nitrogens is 2. The van der Waals surface area contributed by atoms with Gasteiger partial charge in [0.1, 0.15) is 18.2 Å². The number of rotatable bonds is 6. The Morgan fingerprint density at radius 1 is 1.50 bits per heavy atom. The average Bonchev–Trinajstić information content (AvgIpc) is 2.73. The second-order valence-electron chi connectivity index (χ2n) is 4.88. The van der Waals surface area contributed by atoms with Crippen LogP contribution in [-0.4, -0.2) is 43.0 Å². The fourth-order valence-electron chi connectivity index (χ4n) is 2.15. The van der Waals surface area contributed by atoms with E-state index >= 15 is 0 Å². The predicted molar refractivity (Wildman–Crippen MR) is 77.0 cm³/mol. The van der Waals surface area contributed by atoms with Crippen LogP contribution in [0.4, 0.5) is 11.6 Å². The van der Waals surface area contributed by atoms with Crippen molar-refractivity contribution in [2.24, 2.45) is 5.92 Å². The summed E-state index contributed by atoms with van der Waals surface area (Å²) in [6.07, 6.45) is 0.696. The third kappa shape index (κ3) is 4.31. The Balaban J connectivity index is 1.94. The van der Waals surface area contributed by atoms with E-state index in [2.05, 4.69) is 15.3 Å². The number of sulfone groups is 1. The minimum Gasteiger partial charge on any atom is -0.384 e. The summed E-state index contributed by atoms with van der Waals surface area (Å²) < 4.78 is 28.0. The maximum absolute atomic E-state index is 11.4. The molecule has 1 unspecified atom stereocenters. The van der Waals surface area contributed by atoms with Gasteiger partial charge in [0.15, 0.2) is 15.7 Å². The summed E-state index contributed by atoms with van der Waals surface area (Å²) in [6.45, 7) is 3.37. The highest BCUT2D eigenvalue weighted by Gasteiger charge is 2.27. The largest absolute Gasteiger partial charge is 0.384 e. The molecular formula is C12H20N4O3S. The van der Waals surface area contributed by atoms with Crippen LogP contribution in [0.3, 0.4) is 0 Å². The maximum Gasteiger partial charge on any atom is 0.158 e. The van der Waals surface area contributed by atoms with E-state index in [0.717, 1.165) is 0 Å². The van der Waals surface area contributed by atoms with E-state index < -0.39 is 9.84 Å². The second-order valence-corrected chi connectivity index (χ2v) is 7.11. The van der Waals surface area contributed by atoms with Crippen LogP contribution in [0.15, 0.2) is 6.07 Å². The molecule has 1 fully saturated rings. The first-order chi connectivity index (χ1) is 9.48. The zero-order valence-corrected chi connectivity index (χ0v) is 12.3. The van der Waals surface area contributed by atoms with E-state index in [1.165, 1.54) is 0 Å². The van der Waals surface area contributed by atoms with Crippen LogP contribution in [0.5, 0.6) is 0 Å². The van der Waals surface area contributed by atoms with Crippen molar-refractivity contribution in [2.75, 3.05) is 35.7 Å². The highest BCUT2D eigenvalue weighted by atomic mass is 32.2. The van der Waals surface area contributed by atoms with Gasteiger partial charge in [0, 0.05) is 19.2 Å². The maximum atomic E-state index is 11.4.